The molecule has 1 aromatic carbocycles. The van der Waals surface area contributed by atoms with E-state index in [1.165, 1.54) is 88.8 Å². The van der Waals surface area contributed by atoms with Crippen molar-refractivity contribution in [3.63, 3.8) is 0 Å². The molecule has 0 bridgehead atoms. The van der Waals surface area contributed by atoms with E-state index in [4.69, 9.17) is 0 Å². The van der Waals surface area contributed by atoms with Crippen molar-refractivity contribution in [2.24, 2.45) is 0 Å². The lowest BCUT2D eigenvalue weighted by molar-refractivity contribution is -0.127. The number of allylic oxidation sites excluding steroid dienone is 4. The SMILES string of the molecule is CC.CC(=O)N(C)C.CC(=O)N(C)C.CC(C)=O.CC=C(C)C.CC=C(C)C.CCC.CN(C)C.CN(C)S(C)(=O)=O.CN(C)S(C)(=O)=O.CS(C)(=O)=O.CS(C)=O.CSC.CSSC.Cc1ccccc1. The molecule has 0 saturated heterocycles. The summed E-state index contributed by atoms with van der Waals surface area (Å²) in [6, 6.07) is 10.3. The van der Waals surface area contributed by atoms with E-state index in [1.54, 1.807) is 74.1 Å². The number of thioether (sulfide) groups is 1. The van der Waals surface area contributed by atoms with Crippen molar-refractivity contribution in [3.05, 3.63) is 59.2 Å². The van der Waals surface area contributed by atoms with Gasteiger partial charge in [-0.05, 0) is 108 Å². The molecule has 2 amide bonds. The molecule has 0 saturated carbocycles. The molecule has 0 aromatic heterocycles. The number of rotatable bonds is 3. The largest absolute Gasteiger partial charge is 0.349 e. The Kier molecular flexibility index (Phi) is 119. The highest BCUT2D eigenvalue weighted by atomic mass is 33.1. The van der Waals surface area contributed by atoms with E-state index in [-0.39, 0.29) is 17.6 Å². The third kappa shape index (κ3) is 316. The van der Waals surface area contributed by atoms with Crippen LogP contribution in [-0.4, -0.2) is 210 Å². The van der Waals surface area contributed by atoms with Gasteiger partial charge < -0.3 is 19.5 Å². The smallest absolute Gasteiger partial charge is 0.218 e. The third-order valence-corrected chi connectivity index (χ3v) is 8.83. The van der Waals surface area contributed by atoms with Gasteiger partial charge in [0.25, 0.3) is 0 Å². The second kappa shape index (κ2) is 80.6. The van der Waals surface area contributed by atoms with Crippen LogP contribution in [0.5, 0.6) is 0 Å². The fraction of sp³-hybridized carbons (Fsp3) is 0.740. The quantitative estimate of drug-likeness (QED) is 0.205. The second-order valence-corrected chi connectivity index (χ2v) is 27.5. The Balaban J connectivity index is -0.0000000421. The van der Waals surface area contributed by atoms with E-state index in [9.17, 15) is 43.8 Å². The fourth-order valence-electron chi connectivity index (χ4n) is 0.534. The minimum absolute atomic E-state index is 0.0926. The molecular weight excluding hydrogens is 1060 g/mol. The summed E-state index contributed by atoms with van der Waals surface area (Å²) in [5.74, 6) is 0.352. The molecular formula is C50H117N5O10S7. The molecule has 0 aliphatic carbocycles. The fourth-order valence-corrected chi connectivity index (χ4v) is 0.534. The highest BCUT2D eigenvalue weighted by Crippen LogP contribution is 2.09. The normalized spacial score (nSPS) is 8.72. The Bertz CT molecular complexity index is 1540. The Hall–Kier alpha value is -1.76. The van der Waals surface area contributed by atoms with Crippen LogP contribution < -0.4 is 0 Å². The number of sulfonamides is 2. The van der Waals surface area contributed by atoms with Crippen LogP contribution in [0, 0.1) is 6.92 Å². The number of sulfone groups is 1. The van der Waals surface area contributed by atoms with Gasteiger partial charge in [0.15, 0.2) is 0 Å². The van der Waals surface area contributed by atoms with Crippen molar-refractivity contribution >= 4 is 91.6 Å². The van der Waals surface area contributed by atoms with Gasteiger partial charge in [0, 0.05) is 106 Å². The molecule has 444 valence electrons. The second-order valence-electron chi connectivity index (χ2n) is 15.9. The van der Waals surface area contributed by atoms with Gasteiger partial charge in [0.1, 0.15) is 15.6 Å². The summed E-state index contributed by atoms with van der Waals surface area (Å²) in [5, 5.41) is 0. The number of Topliss-reactive ketones (excluding diaryl/α,β-unsaturated/α-hetero) is 1. The predicted octanol–water partition coefficient (Wildman–Crippen LogP) is 10.6. The van der Waals surface area contributed by atoms with E-state index >= 15 is 0 Å². The molecule has 0 atom stereocenters. The number of ketones is 1. The van der Waals surface area contributed by atoms with Crippen molar-refractivity contribution < 1.29 is 43.8 Å². The Morgan fingerprint density at radius 2 is 0.653 bits per heavy atom. The Morgan fingerprint density at radius 1 is 0.542 bits per heavy atom. The van der Waals surface area contributed by atoms with Crippen LogP contribution in [-0.2, 0) is 55.1 Å². The van der Waals surface area contributed by atoms with Gasteiger partial charge in [-0.25, -0.2) is 33.9 Å². The van der Waals surface area contributed by atoms with E-state index in [0.29, 0.717) is 0 Å². The lowest BCUT2D eigenvalue weighted by atomic mass is 10.2. The van der Waals surface area contributed by atoms with Crippen LogP contribution in [0.4, 0.5) is 0 Å². The molecule has 0 N–H and O–H groups in total. The summed E-state index contributed by atoms with van der Waals surface area (Å²) in [6.45, 7) is 28.9. The summed E-state index contributed by atoms with van der Waals surface area (Å²) in [4.78, 5) is 34.6. The van der Waals surface area contributed by atoms with Gasteiger partial charge >= 0.3 is 0 Å². The maximum Gasteiger partial charge on any atom is 0.218 e. The maximum absolute atomic E-state index is 10.3. The topological polar surface area (TPSA) is 187 Å². The third-order valence-electron chi connectivity index (χ3n) is 4.85. The summed E-state index contributed by atoms with van der Waals surface area (Å²) in [7, 11) is 13.3. The number of carbonyl (C=O) groups is 3. The maximum atomic E-state index is 10.3. The Labute approximate surface area is 465 Å². The zero-order chi connectivity index (χ0) is 62.2. The number of aryl methyl sites for hydroxylation is 1. The van der Waals surface area contributed by atoms with Gasteiger partial charge in [-0.15, -0.1) is 0 Å². The minimum atomic E-state index is -2.91. The van der Waals surface area contributed by atoms with Crippen LogP contribution in [0.15, 0.2) is 53.6 Å². The summed E-state index contributed by atoms with van der Waals surface area (Å²) >= 11 is 1.75. The van der Waals surface area contributed by atoms with Gasteiger partial charge in [-0.3, -0.25) is 13.8 Å². The molecule has 1 rings (SSSR count). The number of carbonyl (C=O) groups excluding carboxylic acids is 3. The molecule has 0 unspecified atom stereocenters. The first-order valence-corrected chi connectivity index (χ1v) is 34.9. The van der Waals surface area contributed by atoms with Gasteiger partial charge in [-0.1, -0.05) is 115 Å². The highest BCUT2D eigenvalue weighted by molar-refractivity contribution is 8.76. The molecule has 0 aliphatic heterocycles. The van der Waals surface area contributed by atoms with Gasteiger partial charge in [0.05, 0.1) is 12.5 Å². The molecule has 72 heavy (non-hydrogen) atoms. The lowest BCUT2D eigenvalue weighted by Gasteiger charge is -2.02. The standard InChI is InChI=1S/C7H8.2C5H10.2C4H9NO.2C3H9NO2S.C3H9N.C3H6O.C3H8.C2H6O2S.C2H6OS.C2H6S2.C2H6S.C2H6/c1-7-5-3-2-4-6-7;2*1-4-5(2)3;2*1-4(6)5(2)3;2*1-4(2)7(3,5)6;1-4(2)3;1-3(2)4;1-3-2;1-5(2,3)4;1-4(2)3;1-3-4-2;1-3-2;1-2/h2-6H,1H3;2*4H,1-3H3;2*1-3H3;2*1-3H3;1-3H3;1-2H3;3H2,1-2H3;1-2H3;2*1-2H3;1-2H3;1-2H3. The summed E-state index contributed by atoms with van der Waals surface area (Å²) in [6.07, 6.45) is 21.5. The number of hydrogen-bond acceptors (Lipinski definition) is 14. The van der Waals surface area contributed by atoms with Crippen molar-refractivity contribution in [1.29, 1.82) is 0 Å². The highest BCUT2D eigenvalue weighted by Gasteiger charge is 2.01. The van der Waals surface area contributed by atoms with Crippen molar-refractivity contribution in [2.45, 2.75) is 110 Å². The first kappa shape index (κ1) is 106. The predicted molar refractivity (Wildman–Crippen MR) is 338 cm³/mol. The first-order valence-electron chi connectivity index (χ1n) is 22.3. The van der Waals surface area contributed by atoms with Crippen LogP contribution in [0.3, 0.4) is 0 Å². The summed E-state index contributed by atoms with van der Waals surface area (Å²) in [5.41, 5.74) is 4.08. The number of benzene rings is 1. The zero-order valence-electron chi connectivity index (χ0n) is 52.9. The molecule has 1 aromatic rings. The first-order chi connectivity index (χ1) is 32.0. The molecule has 0 aliphatic rings. The average Bonchev–Trinajstić information content (AvgIpc) is 3.19. The number of nitrogens with zero attached hydrogens (tertiary/aromatic N) is 5. The summed E-state index contributed by atoms with van der Waals surface area (Å²) < 4.78 is 72.2. The van der Waals surface area contributed by atoms with Crippen molar-refractivity contribution in [1.82, 2.24) is 23.3 Å². The van der Waals surface area contributed by atoms with E-state index in [2.05, 4.69) is 85.3 Å². The van der Waals surface area contributed by atoms with E-state index < -0.39 is 40.7 Å². The van der Waals surface area contributed by atoms with Crippen LogP contribution >= 0.6 is 33.3 Å². The lowest BCUT2D eigenvalue weighted by Crippen LogP contribution is -2.19. The van der Waals surface area contributed by atoms with Crippen molar-refractivity contribution in [3.8, 4) is 0 Å². The minimum Gasteiger partial charge on any atom is -0.349 e. The van der Waals surface area contributed by atoms with Crippen LogP contribution in [0.1, 0.15) is 109 Å². The monoisotopic (exact) mass is 1170 g/mol. The van der Waals surface area contributed by atoms with Gasteiger partial charge in [-0.2, -0.15) is 11.8 Å². The zero-order valence-corrected chi connectivity index (χ0v) is 58.6. The molecule has 0 spiro atoms. The molecule has 0 fully saturated rings. The van der Waals surface area contributed by atoms with E-state index in [0.717, 1.165) is 33.6 Å². The van der Waals surface area contributed by atoms with Crippen molar-refractivity contribution in [2.75, 3.05) is 140 Å². The van der Waals surface area contributed by atoms with Gasteiger partial charge in [0.2, 0.25) is 31.9 Å². The molecule has 0 radical (unpaired) electrons. The molecule has 22 heteroatoms. The average molecular weight is 1170 g/mol. The molecule has 0 heterocycles. The van der Waals surface area contributed by atoms with Crippen LogP contribution in [0.2, 0.25) is 0 Å². The number of amides is 2. The Morgan fingerprint density at radius 3 is 0.681 bits per heavy atom. The molecule has 15 nitrogen and oxygen atoms in total. The van der Waals surface area contributed by atoms with Crippen LogP contribution in [0.25, 0.3) is 0 Å². The number of hydrogen-bond donors (Lipinski definition) is 0. The van der Waals surface area contributed by atoms with E-state index in [1.807, 2.05) is 84.4 Å².